The van der Waals surface area contributed by atoms with Gasteiger partial charge in [-0.25, -0.2) is 8.42 Å². The van der Waals surface area contributed by atoms with Crippen LogP contribution in [0.4, 0.5) is 5.69 Å². The van der Waals surface area contributed by atoms with Crippen molar-refractivity contribution >= 4 is 50.9 Å². The molecular weight excluding hydrogens is 557 g/mol. The van der Waals surface area contributed by atoms with Gasteiger partial charge in [-0.3, -0.25) is 14.0 Å². The minimum absolute atomic E-state index is 0.0189. The Morgan fingerprint density at radius 1 is 1.03 bits per heavy atom. The molecule has 39 heavy (non-hydrogen) atoms. The minimum Gasteiger partial charge on any atom is -0.395 e. The predicted molar refractivity (Wildman–Crippen MR) is 159 cm³/mol. The monoisotopic (exact) mass is 593 g/mol. The van der Waals surface area contributed by atoms with E-state index >= 15 is 0 Å². The van der Waals surface area contributed by atoms with Gasteiger partial charge in [-0.15, -0.1) is 0 Å². The number of hydrogen-bond donors (Lipinski definition) is 1. The van der Waals surface area contributed by atoms with E-state index in [1.165, 1.54) is 16.1 Å². The maximum Gasteiger partial charge on any atom is 0.246 e. The molecule has 2 saturated heterocycles. The fraction of sp³-hybridized carbons (Fsp3) is 0.483. The predicted octanol–water partition coefficient (Wildman–Crippen LogP) is 4.88. The number of halogens is 2. The molecule has 1 N–H and O–H groups in total. The summed E-state index contributed by atoms with van der Waals surface area (Å²) in [7, 11) is -1.72. The smallest absolute Gasteiger partial charge is 0.246 e. The van der Waals surface area contributed by atoms with Crippen LogP contribution in [-0.2, 0) is 14.8 Å². The molecule has 0 aromatic heterocycles. The van der Waals surface area contributed by atoms with Crippen LogP contribution in [0.3, 0.4) is 0 Å². The van der Waals surface area contributed by atoms with Crippen LogP contribution >= 0.6 is 23.2 Å². The molecule has 2 aliphatic heterocycles. The Hall–Kier alpha value is -2.10. The molecule has 0 radical (unpaired) electrons. The summed E-state index contributed by atoms with van der Waals surface area (Å²) in [5.41, 5.74) is 2.71. The summed E-state index contributed by atoms with van der Waals surface area (Å²) < 4.78 is 24.9. The molecular formula is C29H37Cl2N3O4S. The molecule has 2 fully saturated rings. The van der Waals surface area contributed by atoms with Gasteiger partial charge in [0.05, 0.1) is 28.6 Å². The number of rotatable bonds is 8. The average Bonchev–Trinajstić information content (AvgIpc) is 2.94. The number of amides is 1. The molecule has 2 aliphatic rings. The van der Waals surface area contributed by atoms with Gasteiger partial charge in [-0.05, 0) is 92.1 Å². The van der Waals surface area contributed by atoms with E-state index in [2.05, 4.69) is 4.90 Å². The SMILES string of the molecule is CN(c1ccc(C2CCN(C(CO)C3CCN(C(=O)/C=C/c4ccc(Cl)c(Cl)c4)CC3)CC2)cc1)S(C)(=O)=O. The van der Waals surface area contributed by atoms with E-state index in [1.54, 1.807) is 31.3 Å². The molecule has 0 bridgehead atoms. The second kappa shape index (κ2) is 13.0. The lowest BCUT2D eigenvalue weighted by Crippen LogP contribution is -2.50. The molecule has 0 aliphatic carbocycles. The first-order valence-corrected chi connectivity index (χ1v) is 16.0. The highest BCUT2D eigenvalue weighted by Crippen LogP contribution is 2.33. The van der Waals surface area contributed by atoms with Crippen molar-refractivity contribution in [3.05, 3.63) is 69.7 Å². The normalized spacial score (nSPS) is 18.9. The number of carbonyl (C=O) groups is 1. The van der Waals surface area contributed by atoms with Crippen LogP contribution < -0.4 is 4.31 Å². The Kier molecular flexibility index (Phi) is 9.99. The number of carbonyl (C=O) groups excluding carboxylic acids is 1. The number of aliphatic hydroxyl groups excluding tert-OH is 1. The zero-order valence-corrected chi connectivity index (χ0v) is 24.8. The highest BCUT2D eigenvalue weighted by Gasteiger charge is 2.33. The van der Waals surface area contributed by atoms with Crippen molar-refractivity contribution in [3.63, 3.8) is 0 Å². The highest BCUT2D eigenvalue weighted by atomic mass is 35.5. The Labute approximate surface area is 242 Å². The highest BCUT2D eigenvalue weighted by molar-refractivity contribution is 7.92. The number of nitrogens with zero attached hydrogens (tertiary/aromatic N) is 3. The first-order chi connectivity index (χ1) is 18.6. The number of aliphatic hydroxyl groups is 1. The van der Waals surface area contributed by atoms with E-state index in [-0.39, 0.29) is 18.6 Å². The van der Waals surface area contributed by atoms with Crippen molar-refractivity contribution in [2.45, 2.75) is 37.6 Å². The third kappa shape index (κ3) is 7.55. The molecule has 0 saturated carbocycles. The van der Waals surface area contributed by atoms with Crippen molar-refractivity contribution < 1.29 is 18.3 Å². The number of hydrogen-bond acceptors (Lipinski definition) is 5. The molecule has 2 aromatic carbocycles. The van der Waals surface area contributed by atoms with Gasteiger partial charge < -0.3 is 10.0 Å². The first-order valence-electron chi connectivity index (χ1n) is 13.4. The maximum atomic E-state index is 12.7. The number of likely N-dealkylation sites (tertiary alicyclic amines) is 2. The van der Waals surface area contributed by atoms with Gasteiger partial charge in [0.2, 0.25) is 15.9 Å². The molecule has 2 heterocycles. The van der Waals surface area contributed by atoms with Crippen LogP contribution in [0.1, 0.15) is 42.7 Å². The van der Waals surface area contributed by atoms with E-state index in [0.29, 0.717) is 40.7 Å². The van der Waals surface area contributed by atoms with Crippen LogP contribution in [0.15, 0.2) is 48.5 Å². The van der Waals surface area contributed by atoms with E-state index in [4.69, 9.17) is 23.2 Å². The average molecular weight is 595 g/mol. The standard InChI is InChI=1S/C29H37Cl2N3O4S/c1-32(39(2,37)38)25-7-5-22(6-8-25)23-11-15-33(16-12-23)28(20-35)24-13-17-34(18-14-24)29(36)10-4-21-3-9-26(30)27(31)19-21/h3-10,19,23-24,28,35H,11-18,20H2,1-2H3/b10-4+. The Morgan fingerprint density at radius 2 is 1.67 bits per heavy atom. The van der Waals surface area contributed by atoms with Crippen molar-refractivity contribution in [2.75, 3.05) is 50.4 Å². The van der Waals surface area contributed by atoms with E-state index in [1.807, 2.05) is 35.2 Å². The largest absolute Gasteiger partial charge is 0.395 e. The van der Waals surface area contributed by atoms with Crippen LogP contribution in [0.25, 0.3) is 6.08 Å². The van der Waals surface area contributed by atoms with Gasteiger partial charge >= 0.3 is 0 Å². The van der Waals surface area contributed by atoms with Crippen molar-refractivity contribution in [1.29, 1.82) is 0 Å². The van der Waals surface area contributed by atoms with Crippen molar-refractivity contribution in [3.8, 4) is 0 Å². The second-order valence-corrected chi connectivity index (χ2v) is 13.4. The molecule has 2 aromatic rings. The minimum atomic E-state index is -3.28. The van der Waals surface area contributed by atoms with Crippen molar-refractivity contribution in [2.24, 2.45) is 5.92 Å². The molecule has 0 spiro atoms. The lowest BCUT2D eigenvalue weighted by molar-refractivity contribution is -0.127. The van der Waals surface area contributed by atoms with Gasteiger partial charge in [0, 0.05) is 32.3 Å². The topological polar surface area (TPSA) is 81.2 Å². The van der Waals surface area contributed by atoms with Crippen LogP contribution in [0.2, 0.25) is 10.0 Å². The fourth-order valence-corrected chi connectivity index (χ4v) is 6.48. The molecule has 4 rings (SSSR count). The Balaban J connectivity index is 1.27. The third-order valence-corrected chi connectivity index (χ3v) is 10.1. The van der Waals surface area contributed by atoms with E-state index < -0.39 is 10.0 Å². The molecule has 212 valence electrons. The number of sulfonamides is 1. The zero-order chi connectivity index (χ0) is 28.2. The maximum absolute atomic E-state index is 12.7. The molecule has 1 unspecified atom stereocenters. The van der Waals surface area contributed by atoms with Crippen molar-refractivity contribution in [1.82, 2.24) is 9.80 Å². The van der Waals surface area contributed by atoms with Crippen LogP contribution in [-0.4, -0.2) is 81.4 Å². The molecule has 10 heteroatoms. The Morgan fingerprint density at radius 3 is 2.23 bits per heavy atom. The quantitative estimate of drug-likeness (QED) is 0.441. The first kappa shape index (κ1) is 29.9. The molecule has 7 nitrogen and oxygen atoms in total. The van der Waals surface area contributed by atoms with E-state index in [9.17, 15) is 18.3 Å². The summed E-state index contributed by atoms with van der Waals surface area (Å²) in [6, 6.07) is 13.2. The second-order valence-electron chi connectivity index (χ2n) is 10.6. The summed E-state index contributed by atoms with van der Waals surface area (Å²) in [4.78, 5) is 17.0. The van der Waals surface area contributed by atoms with Gasteiger partial charge in [-0.2, -0.15) is 0 Å². The zero-order valence-electron chi connectivity index (χ0n) is 22.5. The van der Waals surface area contributed by atoms with Gasteiger partial charge in [0.1, 0.15) is 0 Å². The summed E-state index contributed by atoms with van der Waals surface area (Å²) >= 11 is 12.0. The number of piperidine rings is 2. The Bertz CT molecular complexity index is 1270. The number of anilines is 1. The van der Waals surface area contributed by atoms with Gasteiger partial charge in [0.25, 0.3) is 0 Å². The van der Waals surface area contributed by atoms with Crippen LogP contribution in [0, 0.1) is 5.92 Å². The van der Waals surface area contributed by atoms with E-state index in [0.717, 1.165) is 44.3 Å². The summed E-state index contributed by atoms with van der Waals surface area (Å²) in [5, 5.41) is 11.2. The third-order valence-electron chi connectivity index (χ3n) is 8.17. The lowest BCUT2D eigenvalue weighted by atomic mass is 9.84. The summed E-state index contributed by atoms with van der Waals surface area (Å²) in [5.74, 6) is 0.745. The van der Waals surface area contributed by atoms with Gasteiger partial charge in [-0.1, -0.05) is 41.4 Å². The summed E-state index contributed by atoms with van der Waals surface area (Å²) in [6.07, 6.45) is 8.27. The van der Waals surface area contributed by atoms with Gasteiger partial charge in [0.15, 0.2) is 0 Å². The lowest BCUT2D eigenvalue weighted by Gasteiger charge is -2.43. The molecule has 1 amide bonds. The fourth-order valence-electron chi connectivity index (χ4n) is 5.67. The number of benzene rings is 2. The van der Waals surface area contributed by atoms with Crippen LogP contribution in [0.5, 0.6) is 0 Å². The summed E-state index contributed by atoms with van der Waals surface area (Å²) in [6.45, 7) is 3.29. The molecule has 1 atom stereocenters.